The van der Waals surface area contributed by atoms with Gasteiger partial charge in [-0.15, -0.1) is 11.3 Å². The van der Waals surface area contributed by atoms with Crippen molar-refractivity contribution in [3.8, 4) is 0 Å². The zero-order valence-electron chi connectivity index (χ0n) is 15.0. The number of nitrogens with zero attached hydrogens (tertiary/aromatic N) is 4. The molecule has 0 unspecified atom stereocenters. The molecule has 1 N–H and O–H groups in total. The van der Waals surface area contributed by atoms with Gasteiger partial charge in [-0.25, -0.2) is 4.98 Å². The first-order chi connectivity index (χ1) is 12.8. The molecule has 1 fully saturated rings. The molecule has 4 heterocycles. The second-order valence-electron chi connectivity index (χ2n) is 7.47. The van der Waals surface area contributed by atoms with Gasteiger partial charge in [0.1, 0.15) is 0 Å². The molecule has 0 radical (unpaired) electrons. The number of piperidine rings is 1. The minimum absolute atomic E-state index is 0.559. The summed E-state index contributed by atoms with van der Waals surface area (Å²) in [7, 11) is 0. The number of thiazole rings is 1. The number of nitrogens with one attached hydrogen (secondary N) is 1. The predicted molar refractivity (Wildman–Crippen MR) is 105 cm³/mol. The van der Waals surface area contributed by atoms with Gasteiger partial charge < -0.3 is 5.32 Å². The Morgan fingerprint density at radius 3 is 3.12 bits per heavy atom. The first-order valence-electron chi connectivity index (χ1n) is 9.69. The molecule has 136 valence electrons. The number of likely N-dealkylation sites (tertiary alicyclic amines) is 1. The number of rotatable bonds is 3. The van der Waals surface area contributed by atoms with Gasteiger partial charge in [0, 0.05) is 32.1 Å². The molecule has 0 bridgehead atoms. The van der Waals surface area contributed by atoms with Crippen molar-refractivity contribution in [3.63, 3.8) is 0 Å². The van der Waals surface area contributed by atoms with E-state index < -0.39 is 0 Å². The Morgan fingerprint density at radius 1 is 1.19 bits per heavy atom. The van der Waals surface area contributed by atoms with Gasteiger partial charge in [-0.2, -0.15) is 5.10 Å². The highest BCUT2D eigenvalue weighted by Gasteiger charge is 2.25. The van der Waals surface area contributed by atoms with Crippen LogP contribution < -0.4 is 5.32 Å². The topological polar surface area (TPSA) is 46.0 Å². The van der Waals surface area contributed by atoms with Crippen molar-refractivity contribution in [1.29, 1.82) is 0 Å². The summed E-state index contributed by atoms with van der Waals surface area (Å²) in [6.07, 6.45) is 3.66. The van der Waals surface area contributed by atoms with Crippen LogP contribution in [0.25, 0.3) is 10.2 Å². The highest BCUT2D eigenvalue weighted by molar-refractivity contribution is 7.18. The summed E-state index contributed by atoms with van der Waals surface area (Å²) in [5.74, 6) is 0.559. The van der Waals surface area contributed by atoms with Crippen LogP contribution in [0, 0.1) is 0 Å². The fourth-order valence-electron chi connectivity index (χ4n) is 4.19. The zero-order chi connectivity index (χ0) is 17.3. The minimum atomic E-state index is 0.559. The lowest BCUT2D eigenvalue weighted by Crippen LogP contribution is -2.34. The molecular formula is C20H25N5S. The number of benzene rings is 1. The molecule has 6 heteroatoms. The van der Waals surface area contributed by atoms with Crippen LogP contribution in [-0.2, 0) is 19.6 Å². The number of para-hydroxylation sites is 1. The number of aromatic nitrogens is 3. The Balaban J connectivity index is 1.30. The van der Waals surface area contributed by atoms with Gasteiger partial charge in [-0.3, -0.25) is 9.58 Å². The first kappa shape index (κ1) is 16.4. The Bertz CT molecular complexity index is 842. The molecule has 0 spiro atoms. The summed E-state index contributed by atoms with van der Waals surface area (Å²) in [5.41, 5.74) is 3.70. The van der Waals surface area contributed by atoms with E-state index >= 15 is 0 Å². The van der Waals surface area contributed by atoms with Crippen LogP contribution in [0.5, 0.6) is 0 Å². The summed E-state index contributed by atoms with van der Waals surface area (Å²) in [6.45, 7) is 6.30. The van der Waals surface area contributed by atoms with Gasteiger partial charge in [-0.05, 0) is 50.6 Å². The van der Waals surface area contributed by atoms with E-state index in [0.29, 0.717) is 5.92 Å². The average Bonchev–Trinajstić information content (AvgIpc) is 3.20. The van der Waals surface area contributed by atoms with Crippen LogP contribution in [0.2, 0.25) is 0 Å². The second-order valence-corrected chi connectivity index (χ2v) is 8.54. The lowest BCUT2D eigenvalue weighted by molar-refractivity contribution is 0.197. The predicted octanol–water partition coefficient (Wildman–Crippen LogP) is 3.37. The lowest BCUT2D eigenvalue weighted by Gasteiger charge is -2.31. The van der Waals surface area contributed by atoms with Crippen molar-refractivity contribution < 1.29 is 0 Å². The molecule has 3 aromatic rings. The monoisotopic (exact) mass is 367 g/mol. The lowest BCUT2D eigenvalue weighted by atomic mass is 9.98. The maximum absolute atomic E-state index is 4.91. The van der Waals surface area contributed by atoms with Crippen LogP contribution >= 0.6 is 11.3 Å². The van der Waals surface area contributed by atoms with Crippen molar-refractivity contribution in [2.75, 3.05) is 19.6 Å². The molecule has 2 aromatic heterocycles. The molecule has 5 rings (SSSR count). The van der Waals surface area contributed by atoms with Gasteiger partial charge in [0.15, 0.2) is 0 Å². The smallest absolute Gasteiger partial charge is 0.0982 e. The van der Waals surface area contributed by atoms with Crippen molar-refractivity contribution in [2.24, 2.45) is 0 Å². The number of hydrogen-bond acceptors (Lipinski definition) is 5. The maximum atomic E-state index is 4.91. The van der Waals surface area contributed by atoms with Crippen molar-refractivity contribution in [3.05, 3.63) is 46.7 Å². The minimum Gasteiger partial charge on any atom is -0.311 e. The van der Waals surface area contributed by atoms with Gasteiger partial charge >= 0.3 is 0 Å². The summed E-state index contributed by atoms with van der Waals surface area (Å²) in [6, 6.07) is 10.8. The van der Waals surface area contributed by atoms with Crippen LogP contribution in [-0.4, -0.2) is 39.3 Å². The highest BCUT2D eigenvalue weighted by atomic mass is 32.1. The van der Waals surface area contributed by atoms with Crippen LogP contribution in [0.3, 0.4) is 0 Å². The van der Waals surface area contributed by atoms with E-state index in [1.165, 1.54) is 40.5 Å². The van der Waals surface area contributed by atoms with E-state index in [4.69, 9.17) is 10.1 Å². The summed E-state index contributed by atoms with van der Waals surface area (Å²) >= 11 is 1.87. The van der Waals surface area contributed by atoms with Crippen molar-refractivity contribution in [1.82, 2.24) is 25.0 Å². The molecule has 2 aliphatic heterocycles. The molecule has 26 heavy (non-hydrogen) atoms. The van der Waals surface area contributed by atoms with E-state index in [1.807, 2.05) is 11.3 Å². The Kier molecular flexibility index (Phi) is 4.48. The second kappa shape index (κ2) is 7.10. The zero-order valence-corrected chi connectivity index (χ0v) is 15.8. The Labute approximate surface area is 158 Å². The highest BCUT2D eigenvalue weighted by Crippen LogP contribution is 2.33. The molecule has 1 atom stereocenters. The quantitative estimate of drug-likeness (QED) is 0.771. The molecule has 1 aromatic carbocycles. The molecule has 0 amide bonds. The molecule has 0 aliphatic carbocycles. The number of fused-ring (bicyclic) bond motifs is 2. The van der Waals surface area contributed by atoms with Gasteiger partial charge in [0.05, 0.1) is 26.6 Å². The number of aryl methyl sites for hydroxylation is 1. The summed E-state index contributed by atoms with van der Waals surface area (Å²) in [5, 5.41) is 9.65. The SMILES string of the molecule is c1ccc2sc([C@H]3CCCN(Cc4cc5n(n4)CCCNC5)C3)nc2c1. The third-order valence-electron chi connectivity index (χ3n) is 5.49. The first-order valence-corrected chi connectivity index (χ1v) is 10.5. The Hall–Kier alpha value is -1.76. The van der Waals surface area contributed by atoms with Gasteiger partial charge in [0.25, 0.3) is 0 Å². The third-order valence-corrected chi connectivity index (χ3v) is 6.69. The van der Waals surface area contributed by atoms with Gasteiger partial charge in [0.2, 0.25) is 0 Å². The average molecular weight is 368 g/mol. The van der Waals surface area contributed by atoms with Crippen LogP contribution in [0.1, 0.15) is 41.6 Å². The molecule has 1 saturated heterocycles. The normalized spacial score (nSPS) is 21.6. The number of hydrogen-bond donors (Lipinski definition) is 1. The standard InChI is InChI=1S/C20H25N5S/c1-2-7-19-18(6-1)22-20(26-19)15-5-3-9-24(13-15)14-16-11-17-12-21-8-4-10-25(17)23-16/h1-2,6-7,11,15,21H,3-5,8-10,12-14H2/t15-/m0/s1. The fraction of sp³-hybridized carbons (Fsp3) is 0.500. The van der Waals surface area contributed by atoms with E-state index in [1.54, 1.807) is 0 Å². The summed E-state index contributed by atoms with van der Waals surface area (Å²) < 4.78 is 3.51. The largest absolute Gasteiger partial charge is 0.311 e. The van der Waals surface area contributed by atoms with E-state index in [-0.39, 0.29) is 0 Å². The Morgan fingerprint density at radius 2 is 2.15 bits per heavy atom. The van der Waals surface area contributed by atoms with Crippen LogP contribution in [0.15, 0.2) is 30.3 Å². The van der Waals surface area contributed by atoms with Gasteiger partial charge in [-0.1, -0.05) is 12.1 Å². The van der Waals surface area contributed by atoms with E-state index in [2.05, 4.69) is 45.2 Å². The van der Waals surface area contributed by atoms with E-state index in [0.717, 1.165) is 44.7 Å². The molecule has 5 nitrogen and oxygen atoms in total. The molecule has 2 aliphatic rings. The molecule has 0 saturated carbocycles. The summed E-state index contributed by atoms with van der Waals surface area (Å²) in [4.78, 5) is 7.47. The fourth-order valence-corrected chi connectivity index (χ4v) is 5.29. The molecular weight excluding hydrogens is 342 g/mol. The van der Waals surface area contributed by atoms with E-state index in [9.17, 15) is 0 Å². The third kappa shape index (κ3) is 3.29. The van der Waals surface area contributed by atoms with Crippen LogP contribution in [0.4, 0.5) is 0 Å². The van der Waals surface area contributed by atoms with Crippen molar-refractivity contribution >= 4 is 21.6 Å². The maximum Gasteiger partial charge on any atom is 0.0982 e. The van der Waals surface area contributed by atoms with Crippen molar-refractivity contribution in [2.45, 2.75) is 44.8 Å².